The first-order chi connectivity index (χ1) is 8.18. The molecule has 0 aliphatic rings. The van der Waals surface area contributed by atoms with E-state index in [1.165, 1.54) is 0 Å². The van der Waals surface area contributed by atoms with Gasteiger partial charge in [-0.3, -0.25) is 9.78 Å². The Morgan fingerprint density at radius 1 is 1.18 bits per heavy atom. The molecule has 1 unspecified atom stereocenters. The van der Waals surface area contributed by atoms with Gasteiger partial charge < -0.3 is 5.11 Å². The number of aromatic nitrogens is 1. The zero-order valence-corrected chi connectivity index (χ0v) is 10.5. The van der Waals surface area contributed by atoms with E-state index in [0.717, 1.165) is 15.6 Å². The van der Waals surface area contributed by atoms with E-state index < -0.39 is 11.9 Å². The van der Waals surface area contributed by atoms with Crippen LogP contribution in [0.4, 0.5) is 0 Å². The molecule has 0 bridgehead atoms. The zero-order chi connectivity index (χ0) is 12.3. The van der Waals surface area contributed by atoms with E-state index in [0.29, 0.717) is 0 Å². The van der Waals surface area contributed by atoms with Crippen LogP contribution in [-0.2, 0) is 4.79 Å². The van der Waals surface area contributed by atoms with Gasteiger partial charge in [-0.1, -0.05) is 28.1 Å². The molecule has 0 radical (unpaired) electrons. The predicted octanol–water partition coefficient (Wildman–Crippen LogP) is 3.06. The van der Waals surface area contributed by atoms with Crippen LogP contribution in [0.25, 0.3) is 0 Å². The van der Waals surface area contributed by atoms with E-state index in [1.807, 2.05) is 24.3 Å². The van der Waals surface area contributed by atoms with Crippen LogP contribution in [0.3, 0.4) is 0 Å². The van der Waals surface area contributed by atoms with Gasteiger partial charge in [-0.25, -0.2) is 0 Å². The molecule has 1 N–H and O–H groups in total. The van der Waals surface area contributed by atoms with Crippen LogP contribution in [0.1, 0.15) is 17.0 Å². The standard InChI is InChI=1S/C13H10BrNO2/c14-11-3-1-2-10(8-11)12(13(16)17)9-4-6-15-7-5-9/h1-8,12H,(H,16,17). The summed E-state index contributed by atoms with van der Waals surface area (Å²) in [6, 6.07) is 10.8. The first kappa shape index (κ1) is 11.8. The highest BCUT2D eigenvalue weighted by atomic mass is 79.9. The molecule has 0 amide bonds. The SMILES string of the molecule is O=C(O)C(c1ccncc1)c1cccc(Br)c1. The molecule has 0 fully saturated rings. The van der Waals surface area contributed by atoms with Gasteiger partial charge in [0, 0.05) is 16.9 Å². The lowest BCUT2D eigenvalue weighted by Gasteiger charge is -2.13. The Morgan fingerprint density at radius 2 is 1.88 bits per heavy atom. The van der Waals surface area contributed by atoms with Gasteiger partial charge in [0.1, 0.15) is 5.92 Å². The molecule has 4 heteroatoms. The second-order valence-electron chi connectivity index (χ2n) is 3.61. The number of aliphatic carboxylic acids is 1. The van der Waals surface area contributed by atoms with Crippen LogP contribution < -0.4 is 0 Å². The quantitative estimate of drug-likeness (QED) is 0.946. The van der Waals surface area contributed by atoms with E-state index in [2.05, 4.69) is 20.9 Å². The number of carbonyl (C=O) groups is 1. The number of carboxylic acid groups (broad SMARTS) is 1. The van der Waals surface area contributed by atoms with E-state index in [9.17, 15) is 9.90 Å². The third-order valence-corrected chi connectivity index (χ3v) is 2.96. The summed E-state index contributed by atoms with van der Waals surface area (Å²) in [5.74, 6) is -1.52. The van der Waals surface area contributed by atoms with E-state index in [4.69, 9.17) is 0 Å². The normalized spacial score (nSPS) is 12.1. The van der Waals surface area contributed by atoms with Crippen molar-refractivity contribution in [1.29, 1.82) is 0 Å². The highest BCUT2D eigenvalue weighted by molar-refractivity contribution is 9.10. The highest BCUT2D eigenvalue weighted by Crippen LogP contribution is 2.26. The number of rotatable bonds is 3. The Labute approximate surface area is 107 Å². The fourth-order valence-corrected chi connectivity index (χ4v) is 2.14. The molecule has 2 aromatic rings. The molecule has 1 atom stereocenters. The molecule has 1 aromatic carbocycles. The average molecular weight is 292 g/mol. The summed E-state index contributed by atoms with van der Waals surface area (Å²) < 4.78 is 0.871. The fraction of sp³-hybridized carbons (Fsp3) is 0.0769. The third kappa shape index (κ3) is 2.71. The second kappa shape index (κ2) is 5.10. The largest absolute Gasteiger partial charge is 0.481 e. The van der Waals surface area contributed by atoms with Crippen LogP contribution in [0, 0.1) is 0 Å². The summed E-state index contributed by atoms with van der Waals surface area (Å²) in [7, 11) is 0. The van der Waals surface area contributed by atoms with Crippen molar-refractivity contribution in [3.8, 4) is 0 Å². The van der Waals surface area contributed by atoms with E-state index >= 15 is 0 Å². The number of benzene rings is 1. The van der Waals surface area contributed by atoms with Crippen molar-refractivity contribution >= 4 is 21.9 Å². The van der Waals surface area contributed by atoms with Crippen molar-refractivity contribution in [2.24, 2.45) is 0 Å². The summed E-state index contributed by atoms with van der Waals surface area (Å²) in [4.78, 5) is 15.3. The molecule has 2 rings (SSSR count). The van der Waals surface area contributed by atoms with Crippen molar-refractivity contribution in [2.75, 3.05) is 0 Å². The van der Waals surface area contributed by atoms with Crippen molar-refractivity contribution in [3.63, 3.8) is 0 Å². The lowest BCUT2D eigenvalue weighted by molar-refractivity contribution is -0.137. The highest BCUT2D eigenvalue weighted by Gasteiger charge is 2.21. The van der Waals surface area contributed by atoms with Gasteiger partial charge in [-0.2, -0.15) is 0 Å². The Morgan fingerprint density at radius 3 is 2.47 bits per heavy atom. The van der Waals surface area contributed by atoms with Gasteiger partial charge in [-0.15, -0.1) is 0 Å². The van der Waals surface area contributed by atoms with Gasteiger partial charge in [-0.05, 0) is 35.4 Å². The topological polar surface area (TPSA) is 50.2 Å². The zero-order valence-electron chi connectivity index (χ0n) is 8.88. The van der Waals surface area contributed by atoms with Crippen molar-refractivity contribution < 1.29 is 9.90 Å². The summed E-state index contributed by atoms with van der Waals surface area (Å²) in [5.41, 5.74) is 1.48. The van der Waals surface area contributed by atoms with Crippen LogP contribution >= 0.6 is 15.9 Å². The van der Waals surface area contributed by atoms with E-state index in [1.54, 1.807) is 24.5 Å². The summed E-state index contributed by atoms with van der Waals surface area (Å²) in [6.45, 7) is 0. The molecule has 0 aliphatic heterocycles. The first-order valence-electron chi connectivity index (χ1n) is 5.06. The number of halogens is 1. The van der Waals surface area contributed by atoms with E-state index in [-0.39, 0.29) is 0 Å². The molecule has 0 spiro atoms. The van der Waals surface area contributed by atoms with Crippen LogP contribution in [0.2, 0.25) is 0 Å². The molecule has 0 aliphatic carbocycles. The van der Waals surface area contributed by atoms with Crippen LogP contribution in [-0.4, -0.2) is 16.1 Å². The van der Waals surface area contributed by atoms with Crippen LogP contribution in [0.5, 0.6) is 0 Å². The van der Waals surface area contributed by atoms with Gasteiger partial charge in [0.05, 0.1) is 0 Å². The maximum Gasteiger partial charge on any atom is 0.315 e. The smallest absolute Gasteiger partial charge is 0.315 e. The Bertz CT molecular complexity index is 528. The Balaban J connectivity index is 2.47. The molecule has 17 heavy (non-hydrogen) atoms. The minimum absolute atomic E-state index is 0.657. The first-order valence-corrected chi connectivity index (χ1v) is 5.86. The Kier molecular flexibility index (Phi) is 3.54. The molecule has 86 valence electrons. The maximum atomic E-state index is 11.4. The molecule has 0 saturated carbocycles. The van der Waals surface area contributed by atoms with Crippen molar-refractivity contribution in [1.82, 2.24) is 4.98 Å². The number of pyridine rings is 1. The minimum Gasteiger partial charge on any atom is -0.481 e. The van der Waals surface area contributed by atoms with Gasteiger partial charge in [0.2, 0.25) is 0 Å². The van der Waals surface area contributed by atoms with Gasteiger partial charge >= 0.3 is 5.97 Å². The fourth-order valence-electron chi connectivity index (χ4n) is 1.72. The molecular weight excluding hydrogens is 282 g/mol. The summed E-state index contributed by atoms with van der Waals surface area (Å²) in [6.07, 6.45) is 3.20. The lowest BCUT2D eigenvalue weighted by atomic mass is 9.92. The van der Waals surface area contributed by atoms with Crippen molar-refractivity contribution in [2.45, 2.75) is 5.92 Å². The molecule has 1 aromatic heterocycles. The average Bonchev–Trinajstić information content (AvgIpc) is 2.30. The molecular formula is C13H10BrNO2. The lowest BCUT2D eigenvalue weighted by Crippen LogP contribution is -2.13. The predicted molar refractivity (Wildman–Crippen MR) is 67.9 cm³/mol. The number of carboxylic acids is 1. The summed E-state index contributed by atoms with van der Waals surface area (Å²) in [5, 5.41) is 9.34. The van der Waals surface area contributed by atoms with Crippen molar-refractivity contribution in [3.05, 3.63) is 64.4 Å². The number of nitrogens with zero attached hydrogens (tertiary/aromatic N) is 1. The van der Waals surface area contributed by atoms with Gasteiger partial charge in [0.25, 0.3) is 0 Å². The maximum absolute atomic E-state index is 11.4. The number of hydrogen-bond acceptors (Lipinski definition) is 2. The molecule has 0 saturated heterocycles. The Hall–Kier alpha value is -1.68. The van der Waals surface area contributed by atoms with Gasteiger partial charge in [0.15, 0.2) is 0 Å². The minimum atomic E-state index is -0.866. The monoisotopic (exact) mass is 291 g/mol. The molecule has 1 heterocycles. The molecule has 3 nitrogen and oxygen atoms in total. The summed E-state index contributed by atoms with van der Waals surface area (Å²) >= 11 is 3.35. The third-order valence-electron chi connectivity index (χ3n) is 2.47. The second-order valence-corrected chi connectivity index (χ2v) is 4.52. The number of hydrogen-bond donors (Lipinski definition) is 1. The van der Waals surface area contributed by atoms with Crippen LogP contribution in [0.15, 0.2) is 53.3 Å².